The van der Waals surface area contributed by atoms with Crippen molar-refractivity contribution in [3.8, 4) is 17.9 Å². The standard InChI is InChI=1S/C16H16N2O/c1-12(2)8-9-19-16-7-5-4-6-15(16)13(3)14(10-17)11-18/h4-8H,9H2,1-3H3. The van der Waals surface area contributed by atoms with E-state index in [0.29, 0.717) is 17.9 Å². The van der Waals surface area contributed by atoms with Gasteiger partial charge in [-0.05, 0) is 38.5 Å². The summed E-state index contributed by atoms with van der Waals surface area (Å²) < 4.78 is 5.68. The lowest BCUT2D eigenvalue weighted by molar-refractivity contribution is 0.361. The van der Waals surface area contributed by atoms with E-state index in [1.54, 1.807) is 6.92 Å². The first-order chi connectivity index (χ1) is 9.10. The molecule has 0 N–H and O–H groups in total. The molecule has 0 amide bonds. The average molecular weight is 252 g/mol. The molecule has 0 aliphatic heterocycles. The van der Waals surface area contributed by atoms with Gasteiger partial charge in [0, 0.05) is 5.56 Å². The Kier molecular flexibility index (Phi) is 5.38. The third-order valence-electron chi connectivity index (χ3n) is 2.62. The summed E-state index contributed by atoms with van der Waals surface area (Å²) >= 11 is 0. The van der Waals surface area contributed by atoms with Crippen molar-refractivity contribution in [1.82, 2.24) is 0 Å². The number of para-hydroxylation sites is 1. The van der Waals surface area contributed by atoms with Crippen LogP contribution in [0.1, 0.15) is 26.3 Å². The number of nitrogens with zero attached hydrogens (tertiary/aromatic N) is 2. The summed E-state index contributed by atoms with van der Waals surface area (Å²) in [5.41, 5.74) is 2.71. The minimum atomic E-state index is 0.110. The first-order valence-electron chi connectivity index (χ1n) is 5.96. The van der Waals surface area contributed by atoms with Gasteiger partial charge in [0.25, 0.3) is 0 Å². The quantitative estimate of drug-likeness (QED) is 0.604. The van der Waals surface area contributed by atoms with Crippen LogP contribution in [-0.4, -0.2) is 6.61 Å². The molecule has 0 aliphatic carbocycles. The van der Waals surface area contributed by atoms with Gasteiger partial charge in [-0.25, -0.2) is 0 Å². The van der Waals surface area contributed by atoms with Crippen LogP contribution in [0, 0.1) is 22.7 Å². The molecule has 0 spiro atoms. The molecule has 0 fully saturated rings. The van der Waals surface area contributed by atoms with Gasteiger partial charge in [0.1, 0.15) is 30.1 Å². The molecular formula is C16H16N2O. The van der Waals surface area contributed by atoms with Gasteiger partial charge in [-0.2, -0.15) is 10.5 Å². The van der Waals surface area contributed by atoms with Gasteiger partial charge >= 0.3 is 0 Å². The van der Waals surface area contributed by atoms with Gasteiger partial charge < -0.3 is 4.74 Å². The molecule has 0 radical (unpaired) electrons. The van der Waals surface area contributed by atoms with Crippen LogP contribution < -0.4 is 4.74 Å². The number of allylic oxidation sites excluding steroid dienone is 3. The highest BCUT2D eigenvalue weighted by atomic mass is 16.5. The molecule has 0 heterocycles. The van der Waals surface area contributed by atoms with E-state index in [2.05, 4.69) is 0 Å². The molecule has 0 saturated heterocycles. The summed E-state index contributed by atoms with van der Waals surface area (Å²) in [4.78, 5) is 0. The van der Waals surface area contributed by atoms with E-state index in [1.807, 2.05) is 56.3 Å². The number of nitriles is 2. The van der Waals surface area contributed by atoms with Crippen molar-refractivity contribution < 1.29 is 4.74 Å². The third-order valence-corrected chi connectivity index (χ3v) is 2.62. The molecule has 0 aliphatic rings. The molecule has 19 heavy (non-hydrogen) atoms. The molecule has 0 atom stereocenters. The van der Waals surface area contributed by atoms with Gasteiger partial charge in [0.05, 0.1) is 0 Å². The second-order valence-corrected chi connectivity index (χ2v) is 4.31. The van der Waals surface area contributed by atoms with Crippen molar-refractivity contribution in [1.29, 1.82) is 10.5 Å². The molecule has 3 heteroatoms. The van der Waals surface area contributed by atoms with Crippen molar-refractivity contribution in [3.63, 3.8) is 0 Å². The Morgan fingerprint density at radius 3 is 2.37 bits per heavy atom. The fourth-order valence-corrected chi connectivity index (χ4v) is 1.53. The number of benzene rings is 1. The molecule has 1 aromatic carbocycles. The second-order valence-electron chi connectivity index (χ2n) is 4.31. The lowest BCUT2D eigenvalue weighted by Gasteiger charge is -2.10. The van der Waals surface area contributed by atoms with E-state index in [9.17, 15) is 0 Å². The second kappa shape index (κ2) is 7.03. The van der Waals surface area contributed by atoms with Gasteiger partial charge in [0.2, 0.25) is 0 Å². The van der Waals surface area contributed by atoms with Gasteiger partial charge in [-0.3, -0.25) is 0 Å². The molecule has 3 nitrogen and oxygen atoms in total. The Balaban J connectivity index is 3.11. The number of hydrogen-bond acceptors (Lipinski definition) is 3. The Morgan fingerprint density at radius 2 is 1.79 bits per heavy atom. The van der Waals surface area contributed by atoms with Crippen molar-refractivity contribution in [2.24, 2.45) is 0 Å². The van der Waals surface area contributed by atoms with E-state index in [1.165, 1.54) is 5.57 Å². The first-order valence-corrected chi connectivity index (χ1v) is 5.96. The van der Waals surface area contributed by atoms with Crippen LogP contribution in [0.4, 0.5) is 0 Å². The topological polar surface area (TPSA) is 56.8 Å². The van der Waals surface area contributed by atoms with E-state index in [-0.39, 0.29) is 5.57 Å². The molecular weight excluding hydrogens is 236 g/mol. The van der Waals surface area contributed by atoms with Crippen molar-refractivity contribution in [2.45, 2.75) is 20.8 Å². The van der Waals surface area contributed by atoms with Crippen molar-refractivity contribution in [3.05, 3.63) is 47.1 Å². The fourth-order valence-electron chi connectivity index (χ4n) is 1.53. The summed E-state index contributed by atoms with van der Waals surface area (Å²) in [6, 6.07) is 11.2. The largest absolute Gasteiger partial charge is 0.489 e. The minimum Gasteiger partial charge on any atom is -0.489 e. The van der Waals surface area contributed by atoms with Crippen LogP contribution in [0.15, 0.2) is 41.5 Å². The summed E-state index contributed by atoms with van der Waals surface area (Å²) in [6.45, 7) is 6.24. The van der Waals surface area contributed by atoms with Crippen molar-refractivity contribution in [2.75, 3.05) is 6.61 Å². The smallest absolute Gasteiger partial charge is 0.133 e. The zero-order chi connectivity index (χ0) is 14.3. The molecule has 96 valence electrons. The fraction of sp³-hybridized carbons (Fsp3) is 0.250. The first kappa shape index (κ1) is 14.5. The normalized spacial score (nSPS) is 8.89. The Bertz CT molecular complexity index is 578. The van der Waals surface area contributed by atoms with E-state index < -0.39 is 0 Å². The SMILES string of the molecule is CC(C)=CCOc1ccccc1C(C)=C(C#N)C#N. The van der Waals surface area contributed by atoms with Crippen LogP contribution in [0.2, 0.25) is 0 Å². The summed E-state index contributed by atoms with van der Waals surface area (Å²) in [5, 5.41) is 17.8. The lowest BCUT2D eigenvalue weighted by Crippen LogP contribution is -1.98. The summed E-state index contributed by atoms with van der Waals surface area (Å²) in [5.74, 6) is 0.681. The Morgan fingerprint density at radius 1 is 1.16 bits per heavy atom. The summed E-state index contributed by atoms with van der Waals surface area (Å²) in [6.07, 6.45) is 1.98. The zero-order valence-electron chi connectivity index (χ0n) is 11.4. The van der Waals surface area contributed by atoms with Gasteiger partial charge in [0.15, 0.2) is 0 Å². The predicted molar refractivity (Wildman–Crippen MR) is 75.2 cm³/mol. The maximum Gasteiger partial charge on any atom is 0.133 e. The number of hydrogen-bond donors (Lipinski definition) is 0. The van der Waals surface area contributed by atoms with Gasteiger partial charge in [-0.1, -0.05) is 23.8 Å². The van der Waals surface area contributed by atoms with Crippen molar-refractivity contribution >= 4 is 5.57 Å². The van der Waals surface area contributed by atoms with E-state index in [0.717, 1.165) is 5.56 Å². The monoisotopic (exact) mass is 252 g/mol. The average Bonchev–Trinajstić information content (AvgIpc) is 2.40. The highest BCUT2D eigenvalue weighted by molar-refractivity contribution is 5.77. The Labute approximate surface area is 114 Å². The summed E-state index contributed by atoms with van der Waals surface area (Å²) in [7, 11) is 0. The van der Waals surface area contributed by atoms with Crippen LogP contribution in [0.3, 0.4) is 0 Å². The van der Waals surface area contributed by atoms with Gasteiger partial charge in [-0.15, -0.1) is 0 Å². The van der Waals surface area contributed by atoms with Crippen LogP contribution in [-0.2, 0) is 0 Å². The minimum absolute atomic E-state index is 0.110. The molecule has 1 aromatic rings. The molecule has 0 saturated carbocycles. The number of rotatable bonds is 4. The predicted octanol–water partition coefficient (Wildman–Crippen LogP) is 3.85. The molecule has 0 unspecified atom stereocenters. The van der Waals surface area contributed by atoms with E-state index in [4.69, 9.17) is 15.3 Å². The maximum atomic E-state index is 8.92. The highest BCUT2D eigenvalue weighted by Crippen LogP contribution is 2.27. The van der Waals surface area contributed by atoms with Crippen LogP contribution in [0.25, 0.3) is 5.57 Å². The molecule has 0 aromatic heterocycles. The van der Waals surface area contributed by atoms with Crippen LogP contribution in [0.5, 0.6) is 5.75 Å². The zero-order valence-corrected chi connectivity index (χ0v) is 11.4. The van der Waals surface area contributed by atoms with Crippen LogP contribution >= 0.6 is 0 Å². The molecule has 1 rings (SSSR count). The Hall–Kier alpha value is -2.52. The third kappa shape index (κ3) is 4.01. The maximum absolute atomic E-state index is 8.92. The number of ether oxygens (including phenoxy) is 1. The highest BCUT2D eigenvalue weighted by Gasteiger charge is 2.09. The molecule has 0 bridgehead atoms. The lowest BCUT2D eigenvalue weighted by atomic mass is 10.0. The van der Waals surface area contributed by atoms with E-state index >= 15 is 0 Å².